The lowest BCUT2D eigenvalue weighted by atomic mass is 10.5. The average molecular weight is 299 g/mol. The van der Waals surface area contributed by atoms with Crippen LogP contribution in [0.2, 0.25) is 0 Å². The summed E-state index contributed by atoms with van der Waals surface area (Å²) >= 11 is 0. The van der Waals surface area contributed by atoms with Crippen LogP contribution in [0.4, 0.5) is 0 Å². The van der Waals surface area contributed by atoms with Crippen LogP contribution < -0.4 is 0 Å². The van der Waals surface area contributed by atoms with Crippen molar-refractivity contribution in [3.63, 3.8) is 0 Å². The molecule has 0 heterocycles. The molecule has 0 spiro atoms. The second kappa shape index (κ2) is 10.3. The zero-order valence-electron chi connectivity index (χ0n) is 19.9. The van der Waals surface area contributed by atoms with E-state index < -0.39 is 63.3 Å². The topological polar surface area (TPSA) is 112 Å². The minimum Gasteiger partial charge on any atom is -0.481 e. The molecule has 3 N–H and O–H groups in total. The maximum Gasteiger partial charge on any atom is 0.303 e. The zero-order valence-corrected chi connectivity index (χ0v) is 9.63. The lowest BCUT2D eigenvalue weighted by Gasteiger charge is -2.14. The normalized spacial score (nSPS) is 25.2. The van der Waals surface area contributed by atoms with Crippen molar-refractivity contribution >= 4 is 38.2 Å². The van der Waals surface area contributed by atoms with Gasteiger partial charge in [-0.1, -0.05) is 0 Å². The van der Waals surface area contributed by atoms with Gasteiger partial charge in [-0.3, -0.25) is 14.4 Å². The maximum absolute atomic E-state index is 11.1. The van der Waals surface area contributed by atoms with Crippen molar-refractivity contribution in [3.05, 3.63) is 0 Å². The van der Waals surface area contributed by atoms with Crippen LogP contribution >= 0.6 is 20.3 Å². The highest BCUT2D eigenvalue weighted by atomic mass is 35.5. The lowest BCUT2D eigenvalue weighted by Crippen LogP contribution is -2.07. The standard InChI is InChI=1S/C9H15O6P.ClH/c10-7(11)1-4-16(5-2-8(12)13)6-3-9(14)15;/h1-6H2,(H,10,11)(H,12,13)(H,14,15);1H/i1D2,2D2,3D2,4D2,5D2,6D2;. The van der Waals surface area contributed by atoms with Crippen LogP contribution in [0.3, 0.4) is 0 Å². The summed E-state index contributed by atoms with van der Waals surface area (Å²) in [6.45, 7) is 0. The van der Waals surface area contributed by atoms with E-state index in [0.29, 0.717) is 0 Å². The highest BCUT2D eigenvalue weighted by Gasteiger charge is 2.13. The molecule has 0 aliphatic carbocycles. The summed E-state index contributed by atoms with van der Waals surface area (Å²) in [5, 5.41) is 26.7. The number of hydrogen-bond donors (Lipinski definition) is 3. The molecule has 0 aromatic heterocycles. The number of carbonyl (C=O) groups is 3. The number of carboxylic acid groups (broad SMARTS) is 3. The van der Waals surface area contributed by atoms with Crippen molar-refractivity contribution in [3.8, 4) is 0 Å². The second-order valence-corrected chi connectivity index (χ2v) is 3.30. The summed E-state index contributed by atoms with van der Waals surface area (Å²) in [6, 6.07) is 0. The van der Waals surface area contributed by atoms with Crippen LogP contribution in [-0.4, -0.2) is 51.6 Å². The molecule has 0 radical (unpaired) electrons. The van der Waals surface area contributed by atoms with Gasteiger partial charge >= 0.3 is 17.9 Å². The maximum atomic E-state index is 11.1. The van der Waals surface area contributed by atoms with E-state index in [2.05, 4.69) is 0 Å². The minimum absolute atomic E-state index is 0. The molecule has 0 unspecified atom stereocenters. The Labute approximate surface area is 123 Å². The Morgan fingerprint density at radius 2 is 1.06 bits per heavy atom. The SMILES string of the molecule is Cl.[2H]C([2H])(C(=O)O)C([2H])([2H])P(C([2H])([2H])C([2H])([2H])C(=O)O)C([2H])([2H])C([2H])([2H])C(=O)O. The first kappa shape index (κ1) is 5.41. The summed E-state index contributed by atoms with van der Waals surface area (Å²) in [7, 11) is -4.62. The van der Waals surface area contributed by atoms with Gasteiger partial charge in [0.25, 0.3) is 0 Å². The first-order valence-corrected chi connectivity index (χ1v) is 4.80. The molecule has 0 amide bonds. The fourth-order valence-corrected chi connectivity index (χ4v) is 1.19. The van der Waals surface area contributed by atoms with Crippen molar-refractivity contribution in [2.45, 2.75) is 19.1 Å². The number of aliphatic carboxylic acids is 3. The van der Waals surface area contributed by atoms with E-state index in [1.165, 1.54) is 0 Å². The molecule has 0 fully saturated rings. The van der Waals surface area contributed by atoms with E-state index in [9.17, 15) is 14.4 Å². The van der Waals surface area contributed by atoms with Crippen molar-refractivity contribution in [2.24, 2.45) is 0 Å². The van der Waals surface area contributed by atoms with Gasteiger partial charge in [-0.15, -0.1) is 20.3 Å². The van der Waals surface area contributed by atoms with Gasteiger partial charge in [0.1, 0.15) is 0 Å². The Balaban J connectivity index is 0. The van der Waals surface area contributed by atoms with Crippen molar-refractivity contribution in [1.82, 2.24) is 0 Å². The average Bonchev–Trinajstić information content (AvgIpc) is 2.44. The molecule has 0 rings (SSSR count). The van der Waals surface area contributed by atoms with Gasteiger partial charge in [-0.05, 0) is 18.3 Å². The van der Waals surface area contributed by atoms with Gasteiger partial charge in [0, 0.05) is 35.6 Å². The van der Waals surface area contributed by atoms with E-state index in [-0.39, 0.29) is 12.4 Å². The monoisotopic (exact) mass is 298 g/mol. The smallest absolute Gasteiger partial charge is 0.303 e. The first-order chi connectivity index (χ1) is 11.9. The van der Waals surface area contributed by atoms with Crippen LogP contribution in [0, 0.1) is 0 Å². The summed E-state index contributed by atoms with van der Waals surface area (Å²) in [5.41, 5.74) is 0. The molecule has 0 saturated heterocycles. The van der Waals surface area contributed by atoms with Gasteiger partial charge in [0.05, 0.1) is 0 Å². The fourth-order valence-electron chi connectivity index (χ4n) is 0.395. The molecular formula is C9H16ClO6P. The van der Waals surface area contributed by atoms with Gasteiger partial charge < -0.3 is 15.3 Å². The molecule has 0 aliphatic rings. The van der Waals surface area contributed by atoms with Crippen molar-refractivity contribution in [2.75, 3.05) is 18.3 Å². The lowest BCUT2D eigenvalue weighted by molar-refractivity contribution is -0.137. The first-order valence-electron chi connectivity index (χ1n) is 9.45. The molecule has 0 aromatic rings. The third-order valence-corrected chi connectivity index (χ3v) is 1.83. The summed E-state index contributed by atoms with van der Waals surface area (Å²) in [6.07, 6.45) is -25.3. The highest BCUT2D eigenvalue weighted by molar-refractivity contribution is 7.57. The molecule has 17 heavy (non-hydrogen) atoms. The second-order valence-electron chi connectivity index (χ2n) is 1.96. The molecule has 6 nitrogen and oxygen atoms in total. The number of carboxylic acids is 3. The van der Waals surface area contributed by atoms with Gasteiger partial charge in [-0.25, -0.2) is 0 Å². The Kier molecular flexibility index (Phi) is 3.27. The molecule has 0 atom stereocenters. The van der Waals surface area contributed by atoms with Gasteiger partial charge in [0.15, 0.2) is 0 Å². The predicted octanol–water partition coefficient (Wildman–Crippen LogP) is 1.31. The summed E-state index contributed by atoms with van der Waals surface area (Å²) < 4.78 is 90.3. The summed E-state index contributed by atoms with van der Waals surface area (Å²) in [4.78, 5) is 33.4. The Morgan fingerprint density at radius 1 is 0.824 bits per heavy atom. The van der Waals surface area contributed by atoms with Crippen molar-refractivity contribution < 1.29 is 46.2 Å². The Morgan fingerprint density at radius 3 is 1.24 bits per heavy atom. The van der Waals surface area contributed by atoms with E-state index in [4.69, 9.17) is 31.8 Å². The van der Waals surface area contributed by atoms with Gasteiger partial charge in [0.2, 0.25) is 0 Å². The Hall–Kier alpha value is -0.870. The van der Waals surface area contributed by atoms with E-state index in [1.807, 2.05) is 0 Å². The Bertz CT molecular complexity index is 592. The zero-order chi connectivity index (χ0) is 23.3. The molecule has 100 valence electrons. The molecular weight excluding hydrogens is 271 g/mol. The minimum atomic E-state index is -4.62. The number of hydrogen-bond acceptors (Lipinski definition) is 3. The molecule has 0 bridgehead atoms. The van der Waals surface area contributed by atoms with Crippen LogP contribution in [0.15, 0.2) is 0 Å². The quantitative estimate of drug-likeness (QED) is 0.553. The van der Waals surface area contributed by atoms with Crippen LogP contribution in [0.1, 0.15) is 35.6 Å². The molecule has 0 saturated carbocycles. The van der Waals surface area contributed by atoms with Gasteiger partial charge in [-0.2, -0.15) is 0 Å². The van der Waals surface area contributed by atoms with E-state index in [1.54, 1.807) is 0 Å². The molecule has 0 aromatic carbocycles. The van der Waals surface area contributed by atoms with E-state index in [0.717, 1.165) is 0 Å². The predicted molar refractivity (Wildman–Crippen MR) is 65.5 cm³/mol. The number of halogens is 1. The summed E-state index contributed by atoms with van der Waals surface area (Å²) in [5.74, 6) is -7.82. The largest absolute Gasteiger partial charge is 0.481 e. The van der Waals surface area contributed by atoms with Crippen LogP contribution in [0.5, 0.6) is 0 Å². The molecule has 8 heteroatoms. The molecule has 0 aliphatic heterocycles. The van der Waals surface area contributed by atoms with Crippen LogP contribution in [0.25, 0.3) is 0 Å². The van der Waals surface area contributed by atoms with Crippen LogP contribution in [-0.2, 0) is 14.4 Å². The van der Waals surface area contributed by atoms with Crippen molar-refractivity contribution in [1.29, 1.82) is 0 Å². The fraction of sp³-hybridized carbons (Fsp3) is 0.667. The number of rotatable bonds is 9. The third-order valence-electron chi connectivity index (χ3n) is 0.824. The van der Waals surface area contributed by atoms with E-state index >= 15 is 0 Å². The third kappa shape index (κ3) is 13.1. The highest BCUT2D eigenvalue weighted by Crippen LogP contribution is 2.37.